The van der Waals surface area contributed by atoms with Crippen molar-refractivity contribution in [1.82, 2.24) is 5.32 Å². The van der Waals surface area contributed by atoms with E-state index in [4.69, 9.17) is 14.2 Å². The quantitative estimate of drug-likeness (QED) is 0.500. The zero-order valence-electron chi connectivity index (χ0n) is 12.1. The summed E-state index contributed by atoms with van der Waals surface area (Å²) in [6.07, 6.45) is -2.73. The standard InChI is InChI=1S/C13H26F3NO3/c1-2-3-7-18-9-11-20-12-10-19-8-6-17-5-4-13(14,15)16/h17H,2-12H2,1H3. The number of alkyl halides is 3. The summed E-state index contributed by atoms with van der Waals surface area (Å²) in [5, 5.41) is 2.67. The van der Waals surface area contributed by atoms with Crippen LogP contribution in [0.3, 0.4) is 0 Å². The molecule has 0 spiro atoms. The second-order valence-corrected chi connectivity index (χ2v) is 4.31. The highest BCUT2D eigenvalue weighted by Crippen LogP contribution is 2.17. The molecule has 0 heterocycles. The first-order valence-corrected chi connectivity index (χ1v) is 7.07. The van der Waals surface area contributed by atoms with Crippen molar-refractivity contribution >= 4 is 0 Å². The predicted octanol–water partition coefficient (Wildman–Crippen LogP) is 2.38. The minimum Gasteiger partial charge on any atom is -0.379 e. The lowest BCUT2D eigenvalue weighted by Crippen LogP contribution is -2.25. The first kappa shape index (κ1) is 19.6. The van der Waals surface area contributed by atoms with Crippen molar-refractivity contribution in [3.8, 4) is 0 Å². The van der Waals surface area contributed by atoms with Crippen molar-refractivity contribution in [1.29, 1.82) is 0 Å². The monoisotopic (exact) mass is 301 g/mol. The average molecular weight is 301 g/mol. The largest absolute Gasteiger partial charge is 0.390 e. The van der Waals surface area contributed by atoms with Crippen molar-refractivity contribution in [3.05, 3.63) is 0 Å². The fraction of sp³-hybridized carbons (Fsp3) is 1.00. The van der Waals surface area contributed by atoms with E-state index >= 15 is 0 Å². The van der Waals surface area contributed by atoms with Gasteiger partial charge in [-0.3, -0.25) is 0 Å². The zero-order chi connectivity index (χ0) is 15.1. The maximum absolute atomic E-state index is 11.8. The van der Waals surface area contributed by atoms with Gasteiger partial charge in [-0.25, -0.2) is 0 Å². The van der Waals surface area contributed by atoms with Crippen molar-refractivity contribution in [3.63, 3.8) is 0 Å². The van der Waals surface area contributed by atoms with Crippen LogP contribution >= 0.6 is 0 Å². The summed E-state index contributed by atoms with van der Waals surface area (Å²) in [7, 11) is 0. The predicted molar refractivity (Wildman–Crippen MR) is 70.9 cm³/mol. The van der Waals surface area contributed by atoms with Gasteiger partial charge in [0.2, 0.25) is 0 Å². The van der Waals surface area contributed by atoms with Crippen molar-refractivity contribution < 1.29 is 27.4 Å². The molecular weight excluding hydrogens is 275 g/mol. The highest BCUT2D eigenvalue weighted by Gasteiger charge is 2.25. The Morgan fingerprint density at radius 3 is 1.90 bits per heavy atom. The van der Waals surface area contributed by atoms with Gasteiger partial charge in [0, 0.05) is 19.7 Å². The topological polar surface area (TPSA) is 39.7 Å². The Kier molecular flexibility index (Phi) is 13.4. The fourth-order valence-corrected chi connectivity index (χ4v) is 1.29. The van der Waals surface area contributed by atoms with E-state index in [1.165, 1.54) is 0 Å². The molecule has 0 aliphatic rings. The van der Waals surface area contributed by atoms with Gasteiger partial charge in [0.25, 0.3) is 0 Å². The van der Waals surface area contributed by atoms with Crippen LogP contribution in [0.1, 0.15) is 26.2 Å². The van der Waals surface area contributed by atoms with Gasteiger partial charge >= 0.3 is 6.18 Å². The molecule has 0 unspecified atom stereocenters. The van der Waals surface area contributed by atoms with E-state index in [1.807, 2.05) is 0 Å². The first-order chi connectivity index (χ1) is 9.56. The molecule has 4 nitrogen and oxygen atoms in total. The molecule has 7 heteroatoms. The van der Waals surface area contributed by atoms with E-state index in [2.05, 4.69) is 12.2 Å². The molecule has 0 fully saturated rings. The summed E-state index contributed by atoms with van der Waals surface area (Å²) in [5.74, 6) is 0. The highest BCUT2D eigenvalue weighted by molar-refractivity contribution is 4.54. The Morgan fingerprint density at radius 1 is 0.800 bits per heavy atom. The molecule has 0 amide bonds. The number of unbranched alkanes of at least 4 members (excludes halogenated alkanes) is 1. The van der Waals surface area contributed by atoms with E-state index in [0.717, 1.165) is 19.4 Å². The van der Waals surface area contributed by atoms with E-state index < -0.39 is 12.6 Å². The molecular formula is C13H26F3NO3. The summed E-state index contributed by atoms with van der Waals surface area (Å²) in [5.41, 5.74) is 0. The van der Waals surface area contributed by atoms with E-state index in [1.54, 1.807) is 0 Å². The van der Waals surface area contributed by atoms with Crippen LogP contribution < -0.4 is 5.32 Å². The van der Waals surface area contributed by atoms with Crippen molar-refractivity contribution in [2.75, 3.05) is 52.7 Å². The number of halogens is 3. The van der Waals surface area contributed by atoms with Crippen LogP contribution in [0.2, 0.25) is 0 Å². The number of rotatable bonds is 14. The third-order valence-electron chi connectivity index (χ3n) is 2.39. The number of nitrogens with one attached hydrogen (secondary N) is 1. The Bertz CT molecular complexity index is 204. The van der Waals surface area contributed by atoms with Crippen LogP contribution in [0, 0.1) is 0 Å². The highest BCUT2D eigenvalue weighted by atomic mass is 19.4. The molecule has 122 valence electrons. The molecule has 0 aliphatic heterocycles. The third-order valence-corrected chi connectivity index (χ3v) is 2.39. The molecule has 20 heavy (non-hydrogen) atoms. The van der Waals surface area contributed by atoms with Crippen molar-refractivity contribution in [2.45, 2.75) is 32.4 Å². The van der Waals surface area contributed by atoms with Crippen LogP contribution in [0.25, 0.3) is 0 Å². The summed E-state index contributed by atoms with van der Waals surface area (Å²) in [6, 6.07) is 0. The molecule has 0 aromatic heterocycles. The minimum absolute atomic E-state index is 0.0710. The Hall–Kier alpha value is -0.370. The Morgan fingerprint density at radius 2 is 1.35 bits per heavy atom. The average Bonchev–Trinajstić information content (AvgIpc) is 2.38. The number of hydrogen-bond donors (Lipinski definition) is 1. The van der Waals surface area contributed by atoms with Gasteiger partial charge in [-0.1, -0.05) is 13.3 Å². The maximum Gasteiger partial charge on any atom is 0.390 e. The lowest BCUT2D eigenvalue weighted by molar-refractivity contribution is -0.133. The molecule has 0 aromatic carbocycles. The normalized spacial score (nSPS) is 12.0. The van der Waals surface area contributed by atoms with Gasteiger partial charge in [0.05, 0.1) is 39.5 Å². The number of ether oxygens (including phenoxy) is 3. The van der Waals surface area contributed by atoms with E-state index in [0.29, 0.717) is 39.6 Å². The van der Waals surface area contributed by atoms with E-state index in [9.17, 15) is 13.2 Å². The molecule has 0 atom stereocenters. The Balaban J connectivity index is 2.99. The summed E-state index contributed by atoms with van der Waals surface area (Å²) in [6.45, 7) is 5.63. The van der Waals surface area contributed by atoms with Crippen LogP contribution in [0.15, 0.2) is 0 Å². The van der Waals surface area contributed by atoms with E-state index in [-0.39, 0.29) is 6.54 Å². The molecule has 0 saturated carbocycles. The molecule has 0 bridgehead atoms. The van der Waals surface area contributed by atoms with Gasteiger partial charge in [-0.15, -0.1) is 0 Å². The molecule has 1 N–H and O–H groups in total. The third kappa shape index (κ3) is 17.6. The van der Waals surface area contributed by atoms with Gasteiger partial charge < -0.3 is 19.5 Å². The SMILES string of the molecule is CCCCOCCOCCOCCNCCC(F)(F)F. The maximum atomic E-state index is 11.8. The molecule has 0 aromatic rings. The second-order valence-electron chi connectivity index (χ2n) is 4.31. The van der Waals surface area contributed by atoms with Gasteiger partial charge in [0.1, 0.15) is 0 Å². The van der Waals surface area contributed by atoms with Crippen LogP contribution in [-0.4, -0.2) is 58.9 Å². The van der Waals surface area contributed by atoms with Gasteiger partial charge in [-0.05, 0) is 6.42 Å². The van der Waals surface area contributed by atoms with Crippen molar-refractivity contribution in [2.24, 2.45) is 0 Å². The molecule has 0 radical (unpaired) electrons. The summed E-state index contributed by atoms with van der Waals surface area (Å²) < 4.78 is 51.2. The van der Waals surface area contributed by atoms with Crippen LogP contribution in [0.5, 0.6) is 0 Å². The fourth-order valence-electron chi connectivity index (χ4n) is 1.29. The second kappa shape index (κ2) is 13.6. The van der Waals surface area contributed by atoms with Crippen LogP contribution in [0.4, 0.5) is 13.2 Å². The molecule has 0 saturated heterocycles. The molecule has 0 aliphatic carbocycles. The lowest BCUT2D eigenvalue weighted by atomic mass is 10.4. The lowest BCUT2D eigenvalue weighted by Gasteiger charge is -2.08. The minimum atomic E-state index is -4.10. The van der Waals surface area contributed by atoms with Gasteiger partial charge in [0.15, 0.2) is 0 Å². The molecule has 0 rings (SSSR count). The first-order valence-electron chi connectivity index (χ1n) is 7.07. The zero-order valence-corrected chi connectivity index (χ0v) is 12.1. The summed E-state index contributed by atoms with van der Waals surface area (Å²) in [4.78, 5) is 0. The van der Waals surface area contributed by atoms with Gasteiger partial charge in [-0.2, -0.15) is 13.2 Å². The Labute approximate surface area is 119 Å². The summed E-state index contributed by atoms with van der Waals surface area (Å²) >= 11 is 0. The van der Waals surface area contributed by atoms with Crippen LogP contribution in [-0.2, 0) is 14.2 Å². The smallest absolute Gasteiger partial charge is 0.379 e. The number of hydrogen-bond acceptors (Lipinski definition) is 4.